The lowest BCUT2D eigenvalue weighted by molar-refractivity contribution is 0.0989. The zero-order chi connectivity index (χ0) is 27.5. The Morgan fingerprint density at radius 2 is 1.60 bits per heavy atom. The van der Waals surface area contributed by atoms with Gasteiger partial charge in [-0.1, -0.05) is 0 Å². The number of rotatable bonds is 7. The van der Waals surface area contributed by atoms with Crippen LogP contribution in [0, 0.1) is 12.7 Å². The largest absolute Gasteiger partial charge is 0.489 e. The molecular formula is C29H36ClFN6O3. The van der Waals surface area contributed by atoms with Gasteiger partial charge in [-0.3, -0.25) is 14.3 Å². The van der Waals surface area contributed by atoms with Crippen LogP contribution < -0.4 is 20.3 Å². The van der Waals surface area contributed by atoms with Gasteiger partial charge < -0.3 is 25.2 Å². The number of nitrogens with one attached hydrogen (secondary N) is 2. The molecule has 214 valence electrons. The fourth-order valence-corrected chi connectivity index (χ4v) is 5.17. The molecule has 0 radical (unpaired) electrons. The van der Waals surface area contributed by atoms with Gasteiger partial charge in [0.1, 0.15) is 17.7 Å². The Labute approximate surface area is 240 Å². The van der Waals surface area contributed by atoms with E-state index < -0.39 is 17.6 Å². The van der Waals surface area contributed by atoms with E-state index in [1.807, 2.05) is 12.1 Å². The lowest BCUT2D eigenvalue weighted by Crippen LogP contribution is -2.36. The Bertz CT molecular complexity index is 1370. The Hall–Kier alpha value is -3.63. The van der Waals surface area contributed by atoms with Gasteiger partial charge >= 0.3 is 0 Å². The SMILES string of the molecule is Cc1nn(C)cc1NC(=O)c1cc(F)ccc1NC(=O)c1ccc(N2CCCC2)cc1OC1CCN(C)CC1.Cl. The summed E-state index contributed by atoms with van der Waals surface area (Å²) in [6.45, 7) is 5.58. The maximum Gasteiger partial charge on any atom is 0.259 e. The third-order valence-corrected chi connectivity index (χ3v) is 7.38. The van der Waals surface area contributed by atoms with Gasteiger partial charge in [-0.25, -0.2) is 4.39 Å². The molecule has 2 saturated heterocycles. The number of anilines is 3. The minimum Gasteiger partial charge on any atom is -0.489 e. The van der Waals surface area contributed by atoms with Crippen molar-refractivity contribution in [3.8, 4) is 5.75 Å². The highest BCUT2D eigenvalue weighted by molar-refractivity contribution is 6.13. The lowest BCUT2D eigenvalue weighted by atomic mass is 10.1. The first-order chi connectivity index (χ1) is 18.8. The van der Waals surface area contributed by atoms with Crippen LogP contribution in [0.3, 0.4) is 0 Å². The highest BCUT2D eigenvalue weighted by Gasteiger charge is 2.24. The molecule has 0 bridgehead atoms. The van der Waals surface area contributed by atoms with E-state index >= 15 is 0 Å². The Balaban J connectivity index is 0.00000370. The molecule has 0 unspecified atom stereocenters. The molecular weight excluding hydrogens is 535 g/mol. The molecule has 0 atom stereocenters. The Kier molecular flexibility index (Phi) is 9.32. The van der Waals surface area contributed by atoms with Gasteiger partial charge in [-0.2, -0.15) is 5.10 Å². The van der Waals surface area contributed by atoms with Gasteiger partial charge in [0.05, 0.1) is 28.2 Å². The van der Waals surface area contributed by atoms with Gasteiger partial charge in [-0.15, -0.1) is 12.4 Å². The van der Waals surface area contributed by atoms with E-state index in [0.29, 0.717) is 22.7 Å². The van der Waals surface area contributed by atoms with Crippen LogP contribution in [-0.4, -0.2) is 65.8 Å². The van der Waals surface area contributed by atoms with Crippen molar-refractivity contribution in [1.82, 2.24) is 14.7 Å². The first kappa shape index (κ1) is 29.4. The zero-order valence-corrected chi connectivity index (χ0v) is 23.9. The number of hydrogen-bond acceptors (Lipinski definition) is 6. The molecule has 3 heterocycles. The van der Waals surface area contributed by atoms with Crippen LogP contribution in [-0.2, 0) is 7.05 Å². The predicted octanol–water partition coefficient (Wildman–Crippen LogP) is 4.87. The van der Waals surface area contributed by atoms with E-state index in [1.54, 1.807) is 30.9 Å². The summed E-state index contributed by atoms with van der Waals surface area (Å²) in [7, 11) is 3.84. The summed E-state index contributed by atoms with van der Waals surface area (Å²) >= 11 is 0. The number of piperidine rings is 1. The van der Waals surface area contributed by atoms with E-state index in [-0.39, 0.29) is 29.8 Å². The average Bonchev–Trinajstić information content (AvgIpc) is 3.56. The van der Waals surface area contributed by atoms with Crippen molar-refractivity contribution in [2.75, 3.05) is 48.8 Å². The van der Waals surface area contributed by atoms with Gasteiger partial charge in [0.2, 0.25) is 0 Å². The maximum absolute atomic E-state index is 14.2. The Morgan fingerprint density at radius 1 is 0.925 bits per heavy atom. The van der Waals surface area contributed by atoms with E-state index in [0.717, 1.165) is 63.6 Å². The number of ether oxygens (including phenoxy) is 1. The number of hydrogen-bond donors (Lipinski definition) is 2. The normalized spacial score (nSPS) is 15.9. The van der Waals surface area contributed by atoms with Crippen molar-refractivity contribution in [2.45, 2.75) is 38.7 Å². The van der Waals surface area contributed by atoms with Crippen LogP contribution in [0.1, 0.15) is 52.1 Å². The summed E-state index contributed by atoms with van der Waals surface area (Å²) in [5.41, 5.74) is 2.75. The van der Waals surface area contributed by atoms with Gasteiger partial charge in [0, 0.05) is 51.2 Å². The molecule has 9 nitrogen and oxygen atoms in total. The standard InChI is InChI=1S/C29H35FN6O3.ClH/c1-19-26(18-35(3)33-19)32-29(38)24-16-20(30)6-9-25(24)31-28(37)23-8-7-21(36-12-4-5-13-36)17-27(23)39-22-10-14-34(2)15-11-22;/h6-9,16-18,22H,4-5,10-15H2,1-3H3,(H,31,37)(H,32,38);1H. The van der Waals surface area contributed by atoms with Crippen LogP contribution in [0.5, 0.6) is 5.75 Å². The fraction of sp³-hybridized carbons (Fsp3) is 0.414. The van der Waals surface area contributed by atoms with Crippen molar-refractivity contribution >= 4 is 41.3 Å². The minimum atomic E-state index is -0.581. The van der Waals surface area contributed by atoms with Gasteiger partial charge in [-0.05, 0) is 70.0 Å². The van der Waals surface area contributed by atoms with E-state index in [4.69, 9.17) is 4.74 Å². The monoisotopic (exact) mass is 570 g/mol. The molecule has 0 saturated carbocycles. The third-order valence-electron chi connectivity index (χ3n) is 7.38. The number of aryl methyl sites for hydroxylation is 2. The summed E-state index contributed by atoms with van der Waals surface area (Å²) in [6.07, 6.45) is 5.71. The van der Waals surface area contributed by atoms with Crippen LogP contribution in [0.15, 0.2) is 42.6 Å². The molecule has 2 N–H and O–H groups in total. The molecule has 5 rings (SSSR count). The van der Waals surface area contributed by atoms with Crippen LogP contribution in [0.4, 0.5) is 21.5 Å². The molecule has 1 aromatic heterocycles. The highest BCUT2D eigenvalue weighted by atomic mass is 35.5. The van der Waals surface area contributed by atoms with Gasteiger partial charge in [0.25, 0.3) is 11.8 Å². The van der Waals surface area contributed by atoms with Crippen LogP contribution >= 0.6 is 12.4 Å². The summed E-state index contributed by atoms with van der Waals surface area (Å²) in [5, 5.41) is 9.81. The molecule has 2 fully saturated rings. The summed E-state index contributed by atoms with van der Waals surface area (Å²) in [5.74, 6) is -1.04. The lowest BCUT2D eigenvalue weighted by Gasteiger charge is -2.30. The van der Waals surface area contributed by atoms with Crippen molar-refractivity contribution < 1.29 is 18.7 Å². The number of carbonyl (C=O) groups is 2. The maximum atomic E-state index is 14.2. The van der Waals surface area contributed by atoms with Crippen LogP contribution in [0.2, 0.25) is 0 Å². The molecule has 11 heteroatoms. The van der Waals surface area contributed by atoms with E-state index in [9.17, 15) is 14.0 Å². The number of benzene rings is 2. The molecule has 0 spiro atoms. The first-order valence-electron chi connectivity index (χ1n) is 13.4. The first-order valence-corrected chi connectivity index (χ1v) is 13.4. The van der Waals surface area contributed by atoms with Crippen molar-refractivity contribution in [3.05, 3.63) is 65.2 Å². The van der Waals surface area contributed by atoms with Crippen molar-refractivity contribution in [3.63, 3.8) is 0 Å². The molecule has 2 amide bonds. The van der Waals surface area contributed by atoms with E-state index in [1.165, 1.54) is 12.1 Å². The number of halogens is 2. The molecule has 2 aliphatic heterocycles. The second-order valence-electron chi connectivity index (χ2n) is 10.4. The number of aromatic nitrogens is 2. The number of likely N-dealkylation sites (tertiary alicyclic amines) is 1. The average molecular weight is 571 g/mol. The van der Waals surface area contributed by atoms with Crippen molar-refractivity contribution in [2.24, 2.45) is 7.05 Å². The molecule has 3 aromatic rings. The molecule has 2 aliphatic rings. The van der Waals surface area contributed by atoms with Gasteiger partial charge in [0.15, 0.2) is 0 Å². The smallest absolute Gasteiger partial charge is 0.259 e. The molecule has 0 aliphatic carbocycles. The van der Waals surface area contributed by atoms with Crippen molar-refractivity contribution in [1.29, 1.82) is 0 Å². The quantitative estimate of drug-likeness (QED) is 0.421. The Morgan fingerprint density at radius 3 is 2.27 bits per heavy atom. The number of carbonyl (C=O) groups excluding carboxylic acids is 2. The highest BCUT2D eigenvalue weighted by Crippen LogP contribution is 2.31. The fourth-order valence-electron chi connectivity index (χ4n) is 5.17. The van der Waals surface area contributed by atoms with E-state index in [2.05, 4.69) is 32.6 Å². The summed E-state index contributed by atoms with van der Waals surface area (Å²) in [4.78, 5) is 31.3. The predicted molar refractivity (Wildman–Crippen MR) is 157 cm³/mol. The number of amides is 2. The second kappa shape index (κ2) is 12.7. The molecule has 40 heavy (non-hydrogen) atoms. The molecule has 2 aromatic carbocycles. The summed E-state index contributed by atoms with van der Waals surface area (Å²) in [6, 6.07) is 9.38. The second-order valence-corrected chi connectivity index (χ2v) is 10.4. The summed E-state index contributed by atoms with van der Waals surface area (Å²) < 4.78 is 22.2. The van der Waals surface area contributed by atoms with Crippen LogP contribution in [0.25, 0.3) is 0 Å². The number of nitrogens with zero attached hydrogens (tertiary/aromatic N) is 4. The minimum absolute atomic E-state index is 0. The third kappa shape index (κ3) is 6.74. The zero-order valence-electron chi connectivity index (χ0n) is 23.1. The topological polar surface area (TPSA) is 91.7 Å².